The van der Waals surface area contributed by atoms with Crippen LogP contribution in [0.5, 0.6) is 11.5 Å². The van der Waals surface area contributed by atoms with Gasteiger partial charge in [-0.3, -0.25) is 4.79 Å². The van der Waals surface area contributed by atoms with Crippen molar-refractivity contribution in [3.8, 4) is 11.5 Å². The van der Waals surface area contributed by atoms with Crippen LogP contribution in [0.4, 0.5) is 13.2 Å². The Labute approximate surface area is 160 Å². The van der Waals surface area contributed by atoms with Crippen LogP contribution in [-0.4, -0.2) is 54.4 Å². The second kappa shape index (κ2) is 8.99. The fourth-order valence-corrected chi connectivity index (χ4v) is 2.71. The molecule has 1 aromatic rings. The normalized spacial score (nSPS) is 15.3. The Morgan fingerprint density at radius 2 is 2.04 bits per heavy atom. The standard InChI is InChI=1S/C19H22F3NO5/c1-12(14-5-6-14)23(11-19(20,21)22)17(25)10-28-18(26)8-4-13-3-7-15(24)16(9-13)27-2/h3-4,7-9,12,14,24H,5-6,10-11H2,1-2H3/b8-4+/t12-/m0/s1. The molecule has 9 heteroatoms. The zero-order valence-electron chi connectivity index (χ0n) is 15.5. The number of methoxy groups -OCH3 is 1. The lowest BCUT2D eigenvalue weighted by Crippen LogP contribution is -2.47. The van der Waals surface area contributed by atoms with Gasteiger partial charge in [0.2, 0.25) is 0 Å². The number of esters is 1. The molecule has 0 aliphatic heterocycles. The van der Waals surface area contributed by atoms with Crippen LogP contribution in [-0.2, 0) is 14.3 Å². The summed E-state index contributed by atoms with van der Waals surface area (Å²) in [6, 6.07) is 3.82. The molecule has 1 aliphatic rings. The fourth-order valence-electron chi connectivity index (χ4n) is 2.71. The maximum atomic E-state index is 12.8. The Hall–Kier alpha value is -2.71. The van der Waals surface area contributed by atoms with E-state index in [2.05, 4.69) is 0 Å². The summed E-state index contributed by atoms with van der Waals surface area (Å²) in [5.41, 5.74) is 0.527. The van der Waals surface area contributed by atoms with Crippen molar-refractivity contribution in [1.29, 1.82) is 0 Å². The van der Waals surface area contributed by atoms with Gasteiger partial charge in [0.25, 0.3) is 5.91 Å². The van der Waals surface area contributed by atoms with Crippen molar-refractivity contribution in [3.05, 3.63) is 29.8 Å². The highest BCUT2D eigenvalue weighted by molar-refractivity contribution is 5.89. The van der Waals surface area contributed by atoms with E-state index in [1.165, 1.54) is 31.4 Å². The van der Waals surface area contributed by atoms with Crippen LogP contribution in [0.25, 0.3) is 6.08 Å². The van der Waals surface area contributed by atoms with Gasteiger partial charge in [0.1, 0.15) is 6.54 Å². The number of phenols is 1. The molecule has 154 valence electrons. The monoisotopic (exact) mass is 401 g/mol. The summed E-state index contributed by atoms with van der Waals surface area (Å²) in [6.45, 7) is -0.569. The van der Waals surface area contributed by atoms with E-state index in [1.54, 1.807) is 6.92 Å². The predicted molar refractivity (Wildman–Crippen MR) is 94.6 cm³/mol. The molecule has 0 unspecified atom stereocenters. The van der Waals surface area contributed by atoms with Gasteiger partial charge < -0.3 is 19.5 Å². The molecule has 1 amide bonds. The van der Waals surface area contributed by atoms with Crippen LogP contribution in [0.1, 0.15) is 25.3 Å². The van der Waals surface area contributed by atoms with Gasteiger partial charge in [0.15, 0.2) is 18.1 Å². The van der Waals surface area contributed by atoms with Crippen LogP contribution in [0.2, 0.25) is 0 Å². The molecule has 1 N–H and O–H groups in total. The van der Waals surface area contributed by atoms with Crippen molar-refractivity contribution < 1.29 is 37.3 Å². The number of hydrogen-bond acceptors (Lipinski definition) is 5. The highest BCUT2D eigenvalue weighted by Crippen LogP contribution is 2.36. The van der Waals surface area contributed by atoms with E-state index in [0.29, 0.717) is 5.56 Å². The van der Waals surface area contributed by atoms with Gasteiger partial charge in [0, 0.05) is 12.1 Å². The van der Waals surface area contributed by atoms with Gasteiger partial charge in [-0.2, -0.15) is 13.2 Å². The minimum absolute atomic E-state index is 0.0476. The summed E-state index contributed by atoms with van der Waals surface area (Å²) in [5, 5.41) is 9.52. The zero-order chi connectivity index (χ0) is 20.9. The molecule has 2 rings (SSSR count). The lowest BCUT2D eigenvalue weighted by Gasteiger charge is -2.30. The average molecular weight is 401 g/mol. The molecule has 1 atom stereocenters. The summed E-state index contributed by atoms with van der Waals surface area (Å²) in [5.74, 6) is -1.56. The van der Waals surface area contributed by atoms with Crippen molar-refractivity contribution in [2.24, 2.45) is 5.92 Å². The topological polar surface area (TPSA) is 76.1 Å². The van der Waals surface area contributed by atoms with Gasteiger partial charge >= 0.3 is 12.1 Å². The summed E-state index contributed by atoms with van der Waals surface area (Å²) in [6.07, 6.45) is -0.559. The van der Waals surface area contributed by atoms with Crippen LogP contribution in [0.15, 0.2) is 24.3 Å². The number of amides is 1. The number of halogens is 3. The predicted octanol–water partition coefficient (Wildman–Crippen LogP) is 3.15. The summed E-state index contributed by atoms with van der Waals surface area (Å²) in [4.78, 5) is 24.7. The number of alkyl halides is 3. The van der Waals surface area contributed by atoms with E-state index >= 15 is 0 Å². The molecule has 0 radical (unpaired) electrons. The largest absolute Gasteiger partial charge is 0.504 e. The number of rotatable bonds is 8. The van der Waals surface area contributed by atoms with Crippen molar-refractivity contribution in [2.45, 2.75) is 32.0 Å². The van der Waals surface area contributed by atoms with E-state index in [9.17, 15) is 27.9 Å². The molecule has 1 aliphatic carbocycles. The first-order valence-corrected chi connectivity index (χ1v) is 8.69. The number of carbonyl (C=O) groups excluding carboxylic acids is 2. The zero-order valence-corrected chi connectivity index (χ0v) is 15.5. The van der Waals surface area contributed by atoms with Gasteiger partial charge in [-0.1, -0.05) is 6.07 Å². The highest BCUT2D eigenvalue weighted by atomic mass is 19.4. The van der Waals surface area contributed by atoms with E-state index in [1.807, 2.05) is 0 Å². The molecule has 1 aromatic carbocycles. The number of aromatic hydroxyl groups is 1. The Bertz CT molecular complexity index is 744. The minimum atomic E-state index is -4.53. The quantitative estimate of drug-likeness (QED) is 0.535. The maximum Gasteiger partial charge on any atom is 0.406 e. The van der Waals surface area contributed by atoms with Crippen molar-refractivity contribution in [1.82, 2.24) is 4.90 Å². The number of ether oxygens (including phenoxy) is 2. The van der Waals surface area contributed by atoms with E-state index < -0.39 is 37.2 Å². The van der Waals surface area contributed by atoms with Gasteiger partial charge in [0.05, 0.1) is 7.11 Å². The van der Waals surface area contributed by atoms with E-state index in [0.717, 1.165) is 23.8 Å². The molecule has 0 bridgehead atoms. The summed E-state index contributed by atoms with van der Waals surface area (Å²) >= 11 is 0. The summed E-state index contributed by atoms with van der Waals surface area (Å²) in [7, 11) is 1.37. The smallest absolute Gasteiger partial charge is 0.406 e. The third-order valence-electron chi connectivity index (χ3n) is 4.42. The molecule has 0 spiro atoms. The van der Waals surface area contributed by atoms with Crippen molar-refractivity contribution >= 4 is 18.0 Å². The first kappa shape index (κ1) is 21.6. The second-order valence-corrected chi connectivity index (χ2v) is 6.59. The van der Waals surface area contributed by atoms with Crippen LogP contribution >= 0.6 is 0 Å². The number of phenolic OH excluding ortho intramolecular Hbond substituents is 1. The second-order valence-electron chi connectivity index (χ2n) is 6.59. The Morgan fingerprint density at radius 1 is 1.36 bits per heavy atom. The maximum absolute atomic E-state index is 12.8. The highest BCUT2D eigenvalue weighted by Gasteiger charge is 2.40. The van der Waals surface area contributed by atoms with Crippen LogP contribution in [0.3, 0.4) is 0 Å². The number of hydrogen-bond donors (Lipinski definition) is 1. The van der Waals surface area contributed by atoms with Crippen LogP contribution < -0.4 is 4.74 Å². The molecular formula is C19H22F3NO5. The van der Waals surface area contributed by atoms with Crippen molar-refractivity contribution in [2.75, 3.05) is 20.3 Å². The fraction of sp³-hybridized carbons (Fsp3) is 0.474. The molecular weight excluding hydrogens is 379 g/mol. The molecule has 6 nitrogen and oxygen atoms in total. The first-order valence-electron chi connectivity index (χ1n) is 8.69. The minimum Gasteiger partial charge on any atom is -0.504 e. The Kier molecular flexibility index (Phi) is 6.93. The third kappa shape index (κ3) is 6.47. The lowest BCUT2D eigenvalue weighted by atomic mass is 10.2. The van der Waals surface area contributed by atoms with Crippen LogP contribution in [0, 0.1) is 5.92 Å². The average Bonchev–Trinajstić information content (AvgIpc) is 3.47. The Balaban J connectivity index is 1.93. The van der Waals surface area contributed by atoms with Crippen molar-refractivity contribution in [3.63, 3.8) is 0 Å². The lowest BCUT2D eigenvalue weighted by molar-refractivity contribution is -0.170. The molecule has 0 heterocycles. The molecule has 1 fully saturated rings. The van der Waals surface area contributed by atoms with Gasteiger partial charge in [-0.25, -0.2) is 4.79 Å². The van der Waals surface area contributed by atoms with Gasteiger partial charge in [-0.15, -0.1) is 0 Å². The third-order valence-corrected chi connectivity index (χ3v) is 4.42. The SMILES string of the molecule is COc1cc(/C=C/C(=O)OCC(=O)N(CC(F)(F)F)[C@@H](C)C2CC2)ccc1O. The number of carbonyl (C=O) groups is 2. The first-order chi connectivity index (χ1) is 13.1. The summed E-state index contributed by atoms with van der Waals surface area (Å²) < 4.78 is 48.0. The van der Waals surface area contributed by atoms with E-state index in [-0.39, 0.29) is 17.4 Å². The molecule has 0 saturated heterocycles. The van der Waals surface area contributed by atoms with E-state index in [4.69, 9.17) is 9.47 Å². The Morgan fingerprint density at radius 3 is 2.61 bits per heavy atom. The number of benzene rings is 1. The number of nitrogens with zero attached hydrogens (tertiary/aromatic N) is 1. The van der Waals surface area contributed by atoms with Gasteiger partial charge in [-0.05, 0) is 49.5 Å². The molecule has 0 aromatic heterocycles. The molecule has 1 saturated carbocycles. The molecule has 28 heavy (non-hydrogen) atoms.